The number of hydrogen-bond acceptors (Lipinski definition) is 1. The Morgan fingerprint density at radius 2 is 1.28 bits per heavy atom. The summed E-state index contributed by atoms with van der Waals surface area (Å²) in [7, 11) is 0. The molecule has 0 aromatic heterocycles. The Hall–Kier alpha value is -2.46. The van der Waals surface area contributed by atoms with Gasteiger partial charge in [-0.1, -0.05) is 50.1 Å². The maximum atomic E-state index is 14.0. The highest BCUT2D eigenvalue weighted by molar-refractivity contribution is 5.51. The van der Waals surface area contributed by atoms with E-state index in [0.29, 0.717) is 31.2 Å². The van der Waals surface area contributed by atoms with Gasteiger partial charge in [-0.2, -0.15) is 62.3 Å². The number of hydrogen-bond donors (Lipinski definition) is 0. The van der Waals surface area contributed by atoms with Gasteiger partial charge >= 0.3 is 35.8 Å². The Balaban J connectivity index is 2.21. The van der Waals surface area contributed by atoms with Crippen LogP contribution in [0.5, 0.6) is 0 Å². The van der Waals surface area contributed by atoms with E-state index in [-0.39, 0.29) is 17.6 Å². The van der Waals surface area contributed by atoms with E-state index in [2.05, 4.69) is 6.07 Å². The van der Waals surface area contributed by atoms with E-state index >= 15 is 0 Å². The average molecular weight is 585 g/mol. The zero-order chi connectivity index (χ0) is 30.1. The molecular formula is C25H24F13N. The summed E-state index contributed by atoms with van der Waals surface area (Å²) in [6.45, 7) is 2.00. The van der Waals surface area contributed by atoms with Gasteiger partial charge < -0.3 is 0 Å². The molecule has 2 rings (SSSR count). The van der Waals surface area contributed by atoms with Gasteiger partial charge in [0.1, 0.15) is 0 Å². The Morgan fingerprint density at radius 3 is 1.72 bits per heavy atom. The zero-order valence-electron chi connectivity index (χ0n) is 20.4. The lowest BCUT2D eigenvalue weighted by Crippen LogP contribution is -2.69. The van der Waals surface area contributed by atoms with Crippen LogP contribution in [0.25, 0.3) is 6.08 Å². The summed E-state index contributed by atoms with van der Waals surface area (Å²) in [4.78, 5) is 0. The molecule has 0 radical (unpaired) electrons. The minimum atomic E-state index is -7.92. The Kier molecular flexibility index (Phi) is 9.10. The predicted octanol–water partition coefficient (Wildman–Crippen LogP) is 9.80. The van der Waals surface area contributed by atoms with Crippen molar-refractivity contribution in [1.29, 1.82) is 5.26 Å². The third-order valence-electron chi connectivity index (χ3n) is 7.04. The Bertz CT molecular complexity index is 1040. The number of allylic oxidation sites excluding steroid dienone is 1. The highest BCUT2D eigenvalue weighted by atomic mass is 19.4. The average Bonchev–Trinajstić information content (AvgIpc) is 2.86. The summed E-state index contributed by atoms with van der Waals surface area (Å²) in [6.07, 6.45) is -3.24. The standard InChI is InChI=1S/C25H24F13N/c1-2-3-11-19(15-39)12-9-18(10-13-19)17-6-4-16(5-7-17)8-14-20(26,27)21(28,29)22(30,31)23(32,33)24(34,35)25(36,37)38/h4-8,14,18H,2-3,9-13H2,1H3. The van der Waals surface area contributed by atoms with E-state index < -0.39 is 47.3 Å². The first-order valence-electron chi connectivity index (χ1n) is 11.8. The van der Waals surface area contributed by atoms with Crippen molar-refractivity contribution in [3.63, 3.8) is 0 Å². The summed E-state index contributed by atoms with van der Waals surface area (Å²) < 4.78 is 172. The van der Waals surface area contributed by atoms with Crippen molar-refractivity contribution in [2.75, 3.05) is 0 Å². The van der Waals surface area contributed by atoms with Crippen molar-refractivity contribution < 1.29 is 57.1 Å². The van der Waals surface area contributed by atoms with Crippen LogP contribution in [0.4, 0.5) is 57.1 Å². The second-order valence-corrected chi connectivity index (χ2v) is 9.69. The molecule has 1 aliphatic rings. The number of nitriles is 1. The minimum Gasteiger partial charge on any atom is -0.198 e. The van der Waals surface area contributed by atoms with Crippen molar-refractivity contribution in [1.82, 2.24) is 0 Å². The molecule has 0 atom stereocenters. The van der Waals surface area contributed by atoms with Gasteiger partial charge in [0.2, 0.25) is 0 Å². The highest BCUT2D eigenvalue weighted by Crippen LogP contribution is 2.60. The van der Waals surface area contributed by atoms with Gasteiger partial charge in [0.15, 0.2) is 0 Å². The number of alkyl halides is 13. The number of nitrogens with zero attached hydrogens (tertiary/aromatic N) is 1. The molecule has 1 aromatic rings. The van der Waals surface area contributed by atoms with Crippen molar-refractivity contribution >= 4 is 6.08 Å². The molecule has 1 nitrogen and oxygen atoms in total. The number of halogens is 13. The molecule has 1 fully saturated rings. The Labute approximate surface area is 215 Å². The molecule has 39 heavy (non-hydrogen) atoms. The molecule has 0 unspecified atom stereocenters. The third-order valence-corrected chi connectivity index (χ3v) is 7.04. The van der Waals surface area contributed by atoms with Crippen LogP contribution in [0.1, 0.15) is 68.9 Å². The maximum absolute atomic E-state index is 14.0. The second-order valence-electron chi connectivity index (χ2n) is 9.69. The van der Waals surface area contributed by atoms with Crippen LogP contribution in [0.3, 0.4) is 0 Å². The molecule has 0 aliphatic heterocycles. The molecule has 1 aromatic carbocycles. The van der Waals surface area contributed by atoms with Crippen LogP contribution in [0.15, 0.2) is 30.3 Å². The lowest BCUT2D eigenvalue weighted by atomic mass is 9.67. The monoisotopic (exact) mass is 585 g/mol. The van der Waals surface area contributed by atoms with Gasteiger partial charge in [0.05, 0.1) is 11.5 Å². The van der Waals surface area contributed by atoms with Crippen molar-refractivity contribution in [2.45, 2.75) is 93.6 Å². The fourth-order valence-corrected chi connectivity index (χ4v) is 4.40. The summed E-state index contributed by atoms with van der Waals surface area (Å²) >= 11 is 0. The summed E-state index contributed by atoms with van der Waals surface area (Å²) in [5, 5.41) is 9.57. The van der Waals surface area contributed by atoms with Crippen LogP contribution in [0, 0.1) is 16.7 Å². The Morgan fingerprint density at radius 1 is 0.795 bits per heavy atom. The lowest BCUT2D eigenvalue weighted by Gasteiger charge is -2.39. The van der Waals surface area contributed by atoms with Crippen LogP contribution in [-0.4, -0.2) is 35.8 Å². The van der Waals surface area contributed by atoms with Gasteiger partial charge in [-0.25, -0.2) is 0 Å². The third kappa shape index (κ3) is 5.87. The van der Waals surface area contributed by atoms with Crippen LogP contribution >= 0.6 is 0 Å². The topological polar surface area (TPSA) is 23.8 Å². The normalized spacial score (nSPS) is 22.2. The largest absolute Gasteiger partial charge is 0.460 e. The minimum absolute atomic E-state index is 0.0203. The predicted molar refractivity (Wildman–Crippen MR) is 115 cm³/mol. The molecule has 0 spiro atoms. The molecule has 1 aliphatic carbocycles. The molecule has 0 N–H and O–H groups in total. The van der Waals surface area contributed by atoms with E-state index in [0.717, 1.165) is 31.4 Å². The van der Waals surface area contributed by atoms with E-state index in [4.69, 9.17) is 0 Å². The quantitative estimate of drug-likeness (QED) is 0.251. The highest BCUT2D eigenvalue weighted by Gasteiger charge is 2.90. The SMILES string of the molecule is CCCCC1(C#N)CCC(c2ccc(C=CC(F)(F)C(F)(F)C(F)(F)C(F)(F)C(F)(F)C(F)(F)F)cc2)CC1. The molecule has 14 heteroatoms. The van der Waals surface area contributed by atoms with Gasteiger partial charge in [-0.3, -0.25) is 0 Å². The van der Waals surface area contributed by atoms with Gasteiger partial charge in [-0.15, -0.1) is 0 Å². The van der Waals surface area contributed by atoms with Gasteiger partial charge in [-0.05, 0) is 55.2 Å². The molecular weight excluding hydrogens is 561 g/mol. The summed E-state index contributed by atoms with van der Waals surface area (Å²) in [5.41, 5.74) is -0.0450. The van der Waals surface area contributed by atoms with Crippen LogP contribution in [-0.2, 0) is 0 Å². The van der Waals surface area contributed by atoms with Crippen molar-refractivity contribution in [3.8, 4) is 6.07 Å². The lowest BCUT2D eigenvalue weighted by molar-refractivity contribution is -0.436. The van der Waals surface area contributed by atoms with E-state index in [9.17, 15) is 62.3 Å². The van der Waals surface area contributed by atoms with Crippen LogP contribution < -0.4 is 0 Å². The first kappa shape index (κ1) is 32.8. The number of unbranched alkanes of at least 4 members (excludes halogenated alkanes) is 1. The molecule has 0 amide bonds. The molecule has 1 saturated carbocycles. The number of benzene rings is 1. The molecule has 0 saturated heterocycles. The van der Waals surface area contributed by atoms with Crippen molar-refractivity contribution in [2.24, 2.45) is 5.41 Å². The molecule has 220 valence electrons. The van der Waals surface area contributed by atoms with E-state index in [1.807, 2.05) is 6.92 Å². The van der Waals surface area contributed by atoms with Gasteiger partial charge in [0.25, 0.3) is 0 Å². The fraction of sp³-hybridized carbons (Fsp3) is 0.640. The summed E-state index contributed by atoms with van der Waals surface area (Å²) in [6, 6.07) is 7.44. The summed E-state index contributed by atoms with van der Waals surface area (Å²) in [5.74, 6) is -37.1. The van der Waals surface area contributed by atoms with Crippen LogP contribution in [0.2, 0.25) is 0 Å². The first-order valence-corrected chi connectivity index (χ1v) is 11.8. The van der Waals surface area contributed by atoms with Crippen molar-refractivity contribution in [3.05, 3.63) is 41.5 Å². The van der Waals surface area contributed by atoms with Gasteiger partial charge in [0, 0.05) is 0 Å². The van der Waals surface area contributed by atoms with E-state index in [1.165, 1.54) is 12.1 Å². The zero-order valence-corrected chi connectivity index (χ0v) is 20.4. The maximum Gasteiger partial charge on any atom is 0.460 e. The number of rotatable bonds is 10. The molecule has 0 bridgehead atoms. The smallest absolute Gasteiger partial charge is 0.198 e. The molecule has 0 heterocycles. The van der Waals surface area contributed by atoms with E-state index in [1.54, 1.807) is 0 Å². The fourth-order valence-electron chi connectivity index (χ4n) is 4.40. The second kappa shape index (κ2) is 10.8. The first-order chi connectivity index (χ1) is 17.6.